The number of benzene rings is 1. The van der Waals surface area contributed by atoms with E-state index in [1.807, 2.05) is 0 Å². The Kier molecular flexibility index (Phi) is 12.0. The first-order chi connectivity index (χ1) is 18.8. The first kappa shape index (κ1) is 32.2. The van der Waals surface area contributed by atoms with E-state index in [0.717, 1.165) is 0 Å². The summed E-state index contributed by atoms with van der Waals surface area (Å²) >= 11 is 0. The Morgan fingerprint density at radius 1 is 0.925 bits per heavy atom. The topological polar surface area (TPSA) is 183 Å². The number of carbonyl (C=O) groups is 6. The molecule has 0 bridgehead atoms. The summed E-state index contributed by atoms with van der Waals surface area (Å²) in [6, 6.07) is 1.04. The molecule has 1 aromatic carbocycles. The highest BCUT2D eigenvalue weighted by Crippen LogP contribution is 2.18. The number of amides is 5. The molecule has 0 aliphatic carbocycles. The van der Waals surface area contributed by atoms with E-state index >= 15 is 0 Å². The molecule has 0 saturated carbocycles. The van der Waals surface area contributed by atoms with Gasteiger partial charge in [-0.25, -0.2) is 9.18 Å². The molecule has 12 nitrogen and oxygen atoms in total. The van der Waals surface area contributed by atoms with Crippen molar-refractivity contribution in [1.82, 2.24) is 26.6 Å². The van der Waals surface area contributed by atoms with Crippen LogP contribution in [0, 0.1) is 17.7 Å². The largest absolute Gasteiger partial charge is 0.465 e. The van der Waals surface area contributed by atoms with E-state index in [2.05, 4.69) is 26.6 Å². The highest BCUT2D eigenvalue weighted by atomic mass is 19.1. The van der Waals surface area contributed by atoms with E-state index in [9.17, 15) is 38.3 Å². The van der Waals surface area contributed by atoms with Crippen molar-refractivity contribution in [2.75, 3.05) is 6.54 Å². The molecule has 40 heavy (non-hydrogen) atoms. The third-order valence-electron chi connectivity index (χ3n) is 6.27. The van der Waals surface area contributed by atoms with Gasteiger partial charge in [-0.05, 0) is 56.7 Å². The van der Waals surface area contributed by atoms with Gasteiger partial charge in [0.05, 0.1) is 6.04 Å². The lowest BCUT2D eigenvalue weighted by Gasteiger charge is -2.26. The predicted octanol–water partition coefficient (Wildman–Crippen LogP) is 0.640. The van der Waals surface area contributed by atoms with Gasteiger partial charge in [0.2, 0.25) is 23.5 Å². The van der Waals surface area contributed by atoms with E-state index in [4.69, 9.17) is 0 Å². The Hall–Kier alpha value is -4.03. The van der Waals surface area contributed by atoms with Gasteiger partial charge >= 0.3 is 6.09 Å². The molecular formula is C27H38FN5O7. The Morgan fingerprint density at radius 2 is 1.52 bits per heavy atom. The zero-order valence-electron chi connectivity index (χ0n) is 23.1. The molecule has 1 heterocycles. The minimum atomic E-state index is -1.47. The van der Waals surface area contributed by atoms with Crippen molar-refractivity contribution >= 4 is 35.5 Å². The summed E-state index contributed by atoms with van der Waals surface area (Å²) in [5, 5.41) is 21.6. The maximum Gasteiger partial charge on any atom is 0.405 e. The third kappa shape index (κ3) is 10.3. The van der Waals surface area contributed by atoms with Gasteiger partial charge in [-0.3, -0.25) is 24.0 Å². The van der Waals surface area contributed by atoms with Crippen molar-refractivity contribution in [2.24, 2.45) is 11.8 Å². The molecule has 220 valence electrons. The molecule has 5 amide bonds. The second kappa shape index (κ2) is 14.9. The molecule has 0 unspecified atom stereocenters. The maximum atomic E-state index is 13.4. The van der Waals surface area contributed by atoms with Crippen molar-refractivity contribution in [3.63, 3.8) is 0 Å². The summed E-state index contributed by atoms with van der Waals surface area (Å²) in [6.45, 7) is 7.36. The predicted molar refractivity (Wildman–Crippen MR) is 142 cm³/mol. The normalized spacial score (nSPS) is 17.0. The van der Waals surface area contributed by atoms with E-state index in [1.165, 1.54) is 24.3 Å². The molecule has 13 heteroatoms. The van der Waals surface area contributed by atoms with Crippen LogP contribution in [0.15, 0.2) is 24.3 Å². The molecule has 6 N–H and O–H groups in total. The number of nitrogens with one attached hydrogen (secondary N) is 5. The number of halogens is 1. The van der Waals surface area contributed by atoms with E-state index in [0.29, 0.717) is 18.5 Å². The summed E-state index contributed by atoms with van der Waals surface area (Å²) in [7, 11) is 0. The van der Waals surface area contributed by atoms with Crippen LogP contribution in [0.25, 0.3) is 0 Å². The smallest absolute Gasteiger partial charge is 0.405 e. The molecule has 1 aliphatic rings. The number of hydrogen-bond donors (Lipinski definition) is 6. The lowest BCUT2D eigenvalue weighted by Crippen LogP contribution is -2.57. The number of rotatable bonds is 14. The van der Waals surface area contributed by atoms with Crippen LogP contribution < -0.4 is 26.6 Å². The minimum Gasteiger partial charge on any atom is -0.465 e. The van der Waals surface area contributed by atoms with Crippen LogP contribution in [0.5, 0.6) is 0 Å². The molecule has 1 aliphatic heterocycles. The van der Waals surface area contributed by atoms with Crippen molar-refractivity contribution < 1.29 is 38.3 Å². The van der Waals surface area contributed by atoms with Gasteiger partial charge in [0.1, 0.15) is 17.9 Å². The molecule has 0 spiro atoms. The lowest BCUT2D eigenvalue weighted by atomic mass is 9.94. The summed E-state index contributed by atoms with van der Waals surface area (Å²) in [4.78, 5) is 75.5. The van der Waals surface area contributed by atoms with Gasteiger partial charge in [-0.2, -0.15) is 0 Å². The van der Waals surface area contributed by atoms with E-state index in [1.54, 1.807) is 27.7 Å². The van der Waals surface area contributed by atoms with Crippen LogP contribution >= 0.6 is 0 Å². The fourth-order valence-electron chi connectivity index (χ4n) is 4.34. The first-order valence-corrected chi connectivity index (χ1v) is 13.2. The molecule has 1 saturated heterocycles. The first-order valence-electron chi connectivity index (χ1n) is 13.2. The van der Waals surface area contributed by atoms with Crippen LogP contribution in [-0.2, 0) is 30.4 Å². The summed E-state index contributed by atoms with van der Waals surface area (Å²) < 4.78 is 13.3. The van der Waals surface area contributed by atoms with Gasteiger partial charge in [0, 0.05) is 24.9 Å². The van der Waals surface area contributed by atoms with Crippen molar-refractivity contribution in [3.8, 4) is 0 Å². The van der Waals surface area contributed by atoms with E-state index < -0.39 is 59.5 Å². The summed E-state index contributed by atoms with van der Waals surface area (Å²) in [6.07, 6.45) is -1.11. The van der Waals surface area contributed by atoms with Crippen LogP contribution in [-0.4, -0.2) is 71.3 Å². The van der Waals surface area contributed by atoms with Crippen LogP contribution in [0.1, 0.15) is 52.5 Å². The van der Waals surface area contributed by atoms with Gasteiger partial charge in [0.15, 0.2) is 0 Å². The number of ketones is 1. The number of carbonyl (C=O) groups excluding carboxylic acids is 5. The summed E-state index contributed by atoms with van der Waals surface area (Å²) in [5.74, 6) is -4.85. The molecule has 2 rings (SSSR count). The van der Waals surface area contributed by atoms with Crippen molar-refractivity contribution in [3.05, 3.63) is 35.6 Å². The highest BCUT2D eigenvalue weighted by molar-refractivity contribution is 6.38. The Balaban J connectivity index is 2.24. The van der Waals surface area contributed by atoms with Crippen molar-refractivity contribution in [1.29, 1.82) is 0 Å². The maximum absolute atomic E-state index is 13.4. The minimum absolute atomic E-state index is 0.0990. The second-order valence-corrected chi connectivity index (χ2v) is 10.6. The average molecular weight is 564 g/mol. The number of hydrogen-bond acceptors (Lipinski definition) is 6. The molecule has 0 radical (unpaired) electrons. The fourth-order valence-corrected chi connectivity index (χ4v) is 4.34. The quantitative estimate of drug-likeness (QED) is 0.180. The fraction of sp³-hybridized carbons (Fsp3) is 0.556. The SMILES string of the molecule is CC(C)C[C@H](NC(=O)[C@H](Cc1ccc(F)cc1)NC(=O)O)C(=O)N[C@@H](C[C@@H]1CCNC1=O)C(=O)C(=O)NC(C)C. The standard InChI is InChI=1S/C27H38FN5O7/c1-14(2)11-20(32-25(37)21(33-27(39)40)12-16-5-7-18(28)8-6-16)24(36)31-19(13-17-9-10-29-23(17)35)22(34)26(38)30-15(3)4/h5-8,14-15,17,19-21,33H,9-13H2,1-4H3,(H,29,35)(H,30,38)(H,31,36)(H,32,37)(H,39,40)/t17-,19-,20-,21-/m0/s1. The number of carboxylic acid groups (broad SMARTS) is 1. The van der Waals surface area contributed by atoms with Crippen LogP contribution in [0.3, 0.4) is 0 Å². The monoisotopic (exact) mass is 563 g/mol. The lowest BCUT2D eigenvalue weighted by molar-refractivity contribution is -0.141. The zero-order chi connectivity index (χ0) is 30.0. The van der Waals surface area contributed by atoms with Crippen LogP contribution in [0.2, 0.25) is 0 Å². The molecule has 4 atom stereocenters. The van der Waals surface area contributed by atoms with E-state index in [-0.39, 0.29) is 37.1 Å². The highest BCUT2D eigenvalue weighted by Gasteiger charge is 2.36. The Morgan fingerprint density at radius 3 is 2.05 bits per heavy atom. The van der Waals surface area contributed by atoms with Gasteiger partial charge in [-0.1, -0.05) is 26.0 Å². The molecule has 0 aromatic heterocycles. The molecule has 1 aromatic rings. The van der Waals surface area contributed by atoms with Gasteiger partial charge in [0.25, 0.3) is 5.91 Å². The van der Waals surface area contributed by atoms with Gasteiger partial charge < -0.3 is 31.7 Å². The third-order valence-corrected chi connectivity index (χ3v) is 6.27. The second-order valence-electron chi connectivity index (χ2n) is 10.6. The Labute approximate surface area is 232 Å². The average Bonchev–Trinajstić information content (AvgIpc) is 3.26. The number of Topliss-reactive ketones (excluding diaryl/α,β-unsaturated/α-hetero) is 1. The van der Waals surface area contributed by atoms with Gasteiger partial charge in [-0.15, -0.1) is 0 Å². The van der Waals surface area contributed by atoms with Crippen LogP contribution in [0.4, 0.5) is 9.18 Å². The molecule has 1 fully saturated rings. The zero-order valence-corrected chi connectivity index (χ0v) is 23.1. The summed E-state index contributed by atoms with van der Waals surface area (Å²) in [5.41, 5.74) is 0.483. The molecular weight excluding hydrogens is 525 g/mol. The van der Waals surface area contributed by atoms with Crippen molar-refractivity contribution in [2.45, 2.75) is 77.5 Å². The Bertz CT molecular complexity index is 1090.